The van der Waals surface area contributed by atoms with Crippen molar-refractivity contribution >= 4 is 0 Å². The molecule has 2 atom stereocenters. The van der Waals surface area contributed by atoms with E-state index in [0.717, 1.165) is 24.0 Å². The molecule has 2 aliphatic heterocycles. The van der Waals surface area contributed by atoms with Crippen molar-refractivity contribution in [3.05, 3.63) is 0 Å². The Balaban J connectivity index is 1.41. The monoisotopic (exact) mass is 250 g/mol. The molecule has 3 aliphatic rings. The van der Waals surface area contributed by atoms with Crippen molar-refractivity contribution in [3.63, 3.8) is 0 Å². The number of hydrogen-bond acceptors (Lipinski definition) is 2. The summed E-state index contributed by atoms with van der Waals surface area (Å²) in [5, 5.41) is 3.76. The summed E-state index contributed by atoms with van der Waals surface area (Å²) >= 11 is 0. The van der Waals surface area contributed by atoms with E-state index in [2.05, 4.69) is 17.1 Å². The average Bonchev–Trinajstić information content (AvgIpc) is 3.16. The molecule has 0 aromatic carbocycles. The Hall–Kier alpha value is -0.0800. The SMILES string of the molecule is CCCCN(CCC1CC2CCC(C1)N2)C1CC1. The third-order valence-electron chi connectivity index (χ3n) is 5.26. The van der Waals surface area contributed by atoms with Crippen LogP contribution in [0.15, 0.2) is 0 Å². The van der Waals surface area contributed by atoms with Gasteiger partial charge in [-0.25, -0.2) is 0 Å². The zero-order chi connectivity index (χ0) is 12.4. The number of rotatable bonds is 7. The van der Waals surface area contributed by atoms with Gasteiger partial charge in [-0.2, -0.15) is 0 Å². The molecule has 2 unspecified atom stereocenters. The minimum absolute atomic E-state index is 0.874. The van der Waals surface area contributed by atoms with Gasteiger partial charge in [0.15, 0.2) is 0 Å². The van der Waals surface area contributed by atoms with Crippen LogP contribution in [-0.2, 0) is 0 Å². The second-order valence-electron chi connectivity index (χ2n) is 6.88. The summed E-state index contributed by atoms with van der Waals surface area (Å²) in [5.74, 6) is 1.02. The lowest BCUT2D eigenvalue weighted by Gasteiger charge is -2.31. The summed E-state index contributed by atoms with van der Waals surface area (Å²) in [7, 11) is 0. The summed E-state index contributed by atoms with van der Waals surface area (Å²) in [5.41, 5.74) is 0. The lowest BCUT2D eigenvalue weighted by Crippen LogP contribution is -2.39. The summed E-state index contributed by atoms with van der Waals surface area (Å²) in [6.07, 6.45) is 13.0. The first kappa shape index (κ1) is 12.9. The molecule has 1 N–H and O–H groups in total. The molecule has 104 valence electrons. The lowest BCUT2D eigenvalue weighted by molar-refractivity contribution is 0.209. The summed E-state index contributed by atoms with van der Waals surface area (Å²) < 4.78 is 0. The van der Waals surface area contributed by atoms with Gasteiger partial charge in [0.25, 0.3) is 0 Å². The third kappa shape index (κ3) is 3.27. The normalized spacial score (nSPS) is 35.3. The molecule has 0 amide bonds. The van der Waals surface area contributed by atoms with Crippen LogP contribution in [-0.4, -0.2) is 36.1 Å². The lowest BCUT2D eigenvalue weighted by atomic mass is 9.89. The largest absolute Gasteiger partial charge is 0.311 e. The highest BCUT2D eigenvalue weighted by atomic mass is 15.2. The van der Waals surface area contributed by atoms with Crippen molar-refractivity contribution in [2.45, 2.75) is 82.8 Å². The molecule has 3 rings (SSSR count). The average molecular weight is 250 g/mol. The van der Waals surface area contributed by atoms with Crippen LogP contribution in [0.3, 0.4) is 0 Å². The van der Waals surface area contributed by atoms with Gasteiger partial charge in [-0.1, -0.05) is 13.3 Å². The van der Waals surface area contributed by atoms with Crippen molar-refractivity contribution in [3.8, 4) is 0 Å². The van der Waals surface area contributed by atoms with Crippen LogP contribution < -0.4 is 5.32 Å². The van der Waals surface area contributed by atoms with Gasteiger partial charge in [0.2, 0.25) is 0 Å². The fourth-order valence-corrected chi connectivity index (χ4v) is 4.04. The van der Waals surface area contributed by atoms with Crippen LogP contribution in [0.25, 0.3) is 0 Å². The molecule has 0 spiro atoms. The van der Waals surface area contributed by atoms with E-state index in [4.69, 9.17) is 0 Å². The quantitative estimate of drug-likeness (QED) is 0.746. The maximum atomic E-state index is 3.76. The number of hydrogen-bond donors (Lipinski definition) is 1. The third-order valence-corrected chi connectivity index (χ3v) is 5.26. The first-order valence-electron chi connectivity index (χ1n) is 8.35. The molecule has 1 aliphatic carbocycles. The van der Waals surface area contributed by atoms with E-state index in [0.29, 0.717) is 0 Å². The number of piperidine rings is 1. The molecular weight excluding hydrogens is 220 g/mol. The first-order chi connectivity index (χ1) is 8.85. The summed E-state index contributed by atoms with van der Waals surface area (Å²) in [6.45, 7) is 5.06. The van der Waals surface area contributed by atoms with E-state index >= 15 is 0 Å². The van der Waals surface area contributed by atoms with E-state index in [1.54, 1.807) is 0 Å². The van der Waals surface area contributed by atoms with Crippen molar-refractivity contribution in [1.29, 1.82) is 0 Å². The van der Waals surface area contributed by atoms with Gasteiger partial charge in [-0.15, -0.1) is 0 Å². The molecule has 1 saturated carbocycles. The predicted molar refractivity (Wildman–Crippen MR) is 76.8 cm³/mol. The second kappa shape index (κ2) is 5.92. The second-order valence-corrected chi connectivity index (χ2v) is 6.88. The van der Waals surface area contributed by atoms with Gasteiger partial charge in [-0.3, -0.25) is 0 Å². The Morgan fingerprint density at radius 2 is 1.72 bits per heavy atom. The van der Waals surface area contributed by atoms with E-state index < -0.39 is 0 Å². The van der Waals surface area contributed by atoms with E-state index in [1.807, 2.05) is 0 Å². The zero-order valence-electron chi connectivity index (χ0n) is 12.0. The molecule has 2 nitrogen and oxygen atoms in total. The van der Waals surface area contributed by atoms with Crippen molar-refractivity contribution in [2.24, 2.45) is 5.92 Å². The molecular formula is C16H30N2. The fraction of sp³-hybridized carbons (Fsp3) is 1.00. The van der Waals surface area contributed by atoms with Crippen LogP contribution in [0.4, 0.5) is 0 Å². The van der Waals surface area contributed by atoms with Gasteiger partial charge < -0.3 is 10.2 Å². The maximum Gasteiger partial charge on any atom is 0.00964 e. The van der Waals surface area contributed by atoms with Crippen molar-refractivity contribution in [2.75, 3.05) is 13.1 Å². The zero-order valence-corrected chi connectivity index (χ0v) is 12.0. The Morgan fingerprint density at radius 1 is 1.00 bits per heavy atom. The highest BCUT2D eigenvalue weighted by Crippen LogP contribution is 2.34. The molecule has 2 heteroatoms. The van der Waals surface area contributed by atoms with E-state index in [-0.39, 0.29) is 0 Å². The highest BCUT2D eigenvalue weighted by Gasteiger charge is 2.34. The van der Waals surface area contributed by atoms with Crippen molar-refractivity contribution < 1.29 is 0 Å². The van der Waals surface area contributed by atoms with Crippen molar-refractivity contribution in [1.82, 2.24) is 10.2 Å². The smallest absolute Gasteiger partial charge is 0.00964 e. The van der Waals surface area contributed by atoms with E-state index in [1.165, 1.54) is 70.9 Å². The molecule has 2 saturated heterocycles. The summed E-state index contributed by atoms with van der Waals surface area (Å²) in [4.78, 5) is 2.80. The molecule has 18 heavy (non-hydrogen) atoms. The molecule has 0 aromatic rings. The van der Waals surface area contributed by atoms with Crippen LogP contribution in [0, 0.1) is 5.92 Å². The number of nitrogens with one attached hydrogen (secondary N) is 1. The van der Waals surface area contributed by atoms with Crippen LogP contribution in [0.1, 0.15) is 64.7 Å². The molecule has 0 radical (unpaired) electrons. The van der Waals surface area contributed by atoms with Gasteiger partial charge in [-0.05, 0) is 70.4 Å². The standard InChI is InChI=1S/C16H30N2/c1-2-3-9-18(16-6-7-16)10-8-13-11-14-4-5-15(12-13)17-14/h13-17H,2-12H2,1H3. The van der Waals surface area contributed by atoms with Crippen LogP contribution in [0.2, 0.25) is 0 Å². The Bertz CT molecular complexity index is 250. The van der Waals surface area contributed by atoms with Crippen LogP contribution in [0.5, 0.6) is 0 Å². The van der Waals surface area contributed by atoms with Gasteiger partial charge in [0, 0.05) is 18.1 Å². The predicted octanol–water partition coefficient (Wildman–Crippen LogP) is 3.17. The van der Waals surface area contributed by atoms with Gasteiger partial charge >= 0.3 is 0 Å². The Labute approximate surface area is 113 Å². The number of fused-ring (bicyclic) bond motifs is 2. The molecule has 3 fully saturated rings. The number of unbranched alkanes of at least 4 members (excludes halogenated alkanes) is 1. The Kier molecular flexibility index (Phi) is 4.25. The fourth-order valence-electron chi connectivity index (χ4n) is 4.04. The molecule has 2 heterocycles. The van der Waals surface area contributed by atoms with Gasteiger partial charge in [0.05, 0.1) is 0 Å². The first-order valence-corrected chi connectivity index (χ1v) is 8.35. The summed E-state index contributed by atoms with van der Waals surface area (Å²) in [6, 6.07) is 2.72. The Morgan fingerprint density at radius 3 is 2.33 bits per heavy atom. The minimum atomic E-state index is 0.874. The minimum Gasteiger partial charge on any atom is -0.311 e. The van der Waals surface area contributed by atoms with E-state index in [9.17, 15) is 0 Å². The van der Waals surface area contributed by atoms with Gasteiger partial charge in [0.1, 0.15) is 0 Å². The van der Waals surface area contributed by atoms with Crippen LogP contribution >= 0.6 is 0 Å². The maximum absolute atomic E-state index is 3.76. The topological polar surface area (TPSA) is 15.3 Å². The molecule has 2 bridgehead atoms. The number of nitrogens with zero attached hydrogens (tertiary/aromatic N) is 1. The molecule has 0 aromatic heterocycles. The highest BCUT2D eigenvalue weighted by molar-refractivity contribution is 4.92.